The predicted octanol–water partition coefficient (Wildman–Crippen LogP) is 2.39. The predicted molar refractivity (Wildman–Crippen MR) is 66.2 cm³/mol. The minimum Gasteiger partial charge on any atom is -0.382 e. The zero-order valence-corrected chi connectivity index (χ0v) is 10.5. The molecule has 0 unspecified atom stereocenters. The van der Waals surface area contributed by atoms with Crippen molar-refractivity contribution in [2.45, 2.75) is 38.3 Å². The molecule has 2 N–H and O–H groups in total. The quantitative estimate of drug-likeness (QED) is 0.482. The van der Waals surface area contributed by atoms with Gasteiger partial charge in [-0.2, -0.15) is 5.26 Å². The number of aryl methyl sites for hydroxylation is 1. The van der Waals surface area contributed by atoms with E-state index in [0.717, 1.165) is 24.3 Å². The smallest absolute Gasteiger partial charge is 0.189 e. The molecule has 0 saturated heterocycles. The van der Waals surface area contributed by atoms with E-state index in [1.165, 1.54) is 0 Å². The molecule has 1 aromatic rings. The van der Waals surface area contributed by atoms with Crippen LogP contribution in [0.15, 0.2) is 5.16 Å². The topological polar surface area (TPSA) is 75.6 Å². The number of aromatic nitrogens is 2. The summed E-state index contributed by atoms with van der Waals surface area (Å²) in [5, 5.41) is 9.60. The average Bonchev–Trinajstić information content (AvgIpc) is 2.28. The minimum absolute atomic E-state index is 0.299. The Balaban J connectivity index is 2.89. The van der Waals surface area contributed by atoms with E-state index in [2.05, 4.69) is 16.9 Å². The molecule has 0 aromatic carbocycles. The van der Waals surface area contributed by atoms with Crippen molar-refractivity contribution in [2.24, 2.45) is 0 Å². The van der Waals surface area contributed by atoms with Crippen LogP contribution in [0.25, 0.3) is 0 Å². The number of nitrogens with two attached hydrogens (primary N) is 1. The molecule has 5 heteroatoms. The van der Waals surface area contributed by atoms with Crippen LogP contribution in [0, 0.1) is 11.3 Å². The maximum Gasteiger partial charge on any atom is 0.189 e. The summed E-state index contributed by atoms with van der Waals surface area (Å²) < 4.78 is 0. The highest BCUT2D eigenvalue weighted by Crippen LogP contribution is 2.20. The fourth-order valence-electron chi connectivity index (χ4n) is 1.25. The number of nitriles is 1. The molecule has 0 fully saturated rings. The molecular weight excluding hydrogens is 220 g/mol. The van der Waals surface area contributed by atoms with Crippen LogP contribution in [0.2, 0.25) is 0 Å². The Hall–Kier alpha value is -1.28. The van der Waals surface area contributed by atoms with Gasteiger partial charge in [-0.15, -0.1) is 0 Å². The summed E-state index contributed by atoms with van der Waals surface area (Å²) in [6, 6.07) is 2.05. The Morgan fingerprint density at radius 2 is 2.12 bits per heavy atom. The summed E-state index contributed by atoms with van der Waals surface area (Å²) in [5.41, 5.74) is 6.89. The van der Waals surface area contributed by atoms with E-state index in [9.17, 15) is 0 Å². The van der Waals surface area contributed by atoms with Crippen LogP contribution in [0.1, 0.15) is 37.9 Å². The highest BCUT2D eigenvalue weighted by molar-refractivity contribution is 7.99. The molecule has 16 heavy (non-hydrogen) atoms. The van der Waals surface area contributed by atoms with Gasteiger partial charge in [0.25, 0.3) is 0 Å². The third-order valence-corrected chi connectivity index (χ3v) is 3.10. The van der Waals surface area contributed by atoms with Crippen LogP contribution in [0.3, 0.4) is 0 Å². The maximum atomic E-state index is 8.92. The van der Waals surface area contributed by atoms with Crippen molar-refractivity contribution < 1.29 is 0 Å². The van der Waals surface area contributed by atoms with Crippen molar-refractivity contribution in [1.29, 1.82) is 5.26 Å². The third-order valence-electron chi connectivity index (χ3n) is 2.17. The van der Waals surface area contributed by atoms with Crippen LogP contribution in [-0.2, 0) is 6.42 Å². The van der Waals surface area contributed by atoms with Crippen LogP contribution in [-0.4, -0.2) is 15.7 Å². The Kier molecular flexibility index (Phi) is 5.06. The van der Waals surface area contributed by atoms with Crippen LogP contribution >= 0.6 is 11.8 Å². The van der Waals surface area contributed by atoms with Gasteiger partial charge >= 0.3 is 0 Å². The van der Waals surface area contributed by atoms with Gasteiger partial charge in [0.2, 0.25) is 0 Å². The molecule has 0 aliphatic rings. The number of anilines is 1. The van der Waals surface area contributed by atoms with Crippen molar-refractivity contribution in [3.05, 3.63) is 11.3 Å². The van der Waals surface area contributed by atoms with E-state index in [1.54, 1.807) is 11.8 Å². The van der Waals surface area contributed by atoms with Gasteiger partial charge in [-0.1, -0.05) is 32.0 Å². The molecule has 0 saturated carbocycles. The lowest BCUT2D eigenvalue weighted by Crippen LogP contribution is -2.04. The van der Waals surface area contributed by atoms with E-state index in [4.69, 9.17) is 11.0 Å². The molecule has 1 heterocycles. The number of rotatable bonds is 5. The Morgan fingerprint density at radius 1 is 1.38 bits per heavy atom. The van der Waals surface area contributed by atoms with Crippen molar-refractivity contribution in [1.82, 2.24) is 9.97 Å². The number of thioether (sulfide) groups is 1. The van der Waals surface area contributed by atoms with Gasteiger partial charge in [-0.05, 0) is 12.8 Å². The normalized spacial score (nSPS) is 10.1. The molecule has 0 atom stereocenters. The molecule has 0 aliphatic carbocycles. The number of nitrogens with zero attached hydrogens (tertiary/aromatic N) is 3. The summed E-state index contributed by atoms with van der Waals surface area (Å²) in [7, 11) is 0. The van der Waals surface area contributed by atoms with Gasteiger partial charge in [0.05, 0.1) is 5.69 Å². The summed E-state index contributed by atoms with van der Waals surface area (Å²) in [6.45, 7) is 4.11. The third kappa shape index (κ3) is 3.11. The zero-order chi connectivity index (χ0) is 12.0. The largest absolute Gasteiger partial charge is 0.382 e. The van der Waals surface area contributed by atoms with Crippen LogP contribution < -0.4 is 5.73 Å². The average molecular weight is 236 g/mol. The molecule has 0 aliphatic heterocycles. The lowest BCUT2D eigenvalue weighted by atomic mass is 10.2. The maximum absolute atomic E-state index is 8.92. The van der Waals surface area contributed by atoms with Crippen molar-refractivity contribution >= 4 is 17.6 Å². The van der Waals surface area contributed by atoms with Gasteiger partial charge in [-0.25, -0.2) is 9.97 Å². The molecule has 0 radical (unpaired) electrons. The second-order valence-corrected chi connectivity index (χ2v) is 4.44. The number of hydrogen-bond donors (Lipinski definition) is 1. The van der Waals surface area contributed by atoms with E-state index < -0.39 is 0 Å². The second kappa shape index (κ2) is 6.33. The first-order valence-corrected chi connectivity index (χ1v) is 6.40. The summed E-state index contributed by atoms with van der Waals surface area (Å²) in [4.78, 5) is 8.48. The summed E-state index contributed by atoms with van der Waals surface area (Å²) >= 11 is 1.60. The Labute approximate surface area is 100 Å². The second-order valence-electron chi connectivity index (χ2n) is 3.38. The summed E-state index contributed by atoms with van der Waals surface area (Å²) in [5.74, 6) is 1.29. The van der Waals surface area contributed by atoms with Crippen LogP contribution in [0.4, 0.5) is 5.82 Å². The molecule has 0 spiro atoms. The number of unbranched alkanes of at least 4 members (excludes halogenated alkanes) is 1. The first-order chi connectivity index (χ1) is 7.72. The van der Waals surface area contributed by atoms with Gasteiger partial charge in [0.15, 0.2) is 5.16 Å². The molecule has 1 aromatic heterocycles. The highest BCUT2D eigenvalue weighted by Gasteiger charge is 2.10. The molecular formula is C11H16N4S. The highest BCUT2D eigenvalue weighted by atomic mass is 32.2. The first-order valence-electron chi connectivity index (χ1n) is 5.42. The monoisotopic (exact) mass is 236 g/mol. The molecule has 0 amide bonds. The van der Waals surface area contributed by atoms with E-state index >= 15 is 0 Å². The van der Waals surface area contributed by atoms with Crippen molar-refractivity contribution in [2.75, 3.05) is 11.5 Å². The standard InChI is InChI=1S/C11H16N4S/c1-3-5-6-16-11-14-9(4-2)8(7-12)10(13)15-11/h3-6H2,1-2H3,(H2,13,14,15). The van der Waals surface area contributed by atoms with E-state index in [0.29, 0.717) is 23.0 Å². The summed E-state index contributed by atoms with van der Waals surface area (Å²) in [6.07, 6.45) is 2.99. The fourth-order valence-corrected chi connectivity index (χ4v) is 2.21. The van der Waals surface area contributed by atoms with Gasteiger partial charge in [0.1, 0.15) is 17.5 Å². The number of nitrogen functional groups attached to an aromatic ring is 1. The van der Waals surface area contributed by atoms with Gasteiger partial charge in [0, 0.05) is 5.75 Å². The number of hydrogen-bond acceptors (Lipinski definition) is 5. The molecule has 1 rings (SSSR count). The SMILES string of the molecule is CCCCSc1nc(N)c(C#N)c(CC)n1. The molecule has 86 valence electrons. The Morgan fingerprint density at radius 3 is 2.69 bits per heavy atom. The fraction of sp³-hybridized carbons (Fsp3) is 0.545. The van der Waals surface area contributed by atoms with E-state index in [-0.39, 0.29) is 0 Å². The van der Waals surface area contributed by atoms with Crippen molar-refractivity contribution in [3.63, 3.8) is 0 Å². The first kappa shape index (κ1) is 12.8. The molecule has 0 bridgehead atoms. The van der Waals surface area contributed by atoms with Crippen LogP contribution in [0.5, 0.6) is 0 Å². The minimum atomic E-state index is 0.299. The molecule has 4 nitrogen and oxygen atoms in total. The lowest BCUT2D eigenvalue weighted by Gasteiger charge is -2.06. The van der Waals surface area contributed by atoms with E-state index in [1.807, 2.05) is 13.0 Å². The lowest BCUT2D eigenvalue weighted by molar-refractivity contribution is 0.870. The zero-order valence-electron chi connectivity index (χ0n) is 9.66. The Bertz CT molecular complexity index is 398. The van der Waals surface area contributed by atoms with Gasteiger partial charge in [-0.3, -0.25) is 0 Å². The van der Waals surface area contributed by atoms with Gasteiger partial charge < -0.3 is 5.73 Å². The van der Waals surface area contributed by atoms with Crippen molar-refractivity contribution in [3.8, 4) is 6.07 Å².